The Balaban J connectivity index is 2.60. The number of rotatable bonds is 0. The van der Waals surface area contributed by atoms with E-state index >= 15 is 0 Å². The lowest BCUT2D eigenvalue weighted by atomic mass is 9.85. The molecule has 0 radical (unpaired) electrons. The van der Waals surface area contributed by atoms with Gasteiger partial charge in [-0.3, -0.25) is 4.79 Å². The SMILES string of the molecule is CC1C(=O)C(O)CCC1O. The molecular weight excluding hydrogens is 132 g/mol. The Kier molecular flexibility index (Phi) is 2.06. The summed E-state index contributed by atoms with van der Waals surface area (Å²) in [5, 5.41) is 18.1. The van der Waals surface area contributed by atoms with Crippen LogP contribution in [0.25, 0.3) is 0 Å². The van der Waals surface area contributed by atoms with Gasteiger partial charge in [-0.2, -0.15) is 0 Å². The van der Waals surface area contributed by atoms with Crippen molar-refractivity contribution in [1.82, 2.24) is 0 Å². The molecule has 1 aliphatic carbocycles. The summed E-state index contributed by atoms with van der Waals surface area (Å²) in [6.07, 6.45) is -0.437. The van der Waals surface area contributed by atoms with E-state index < -0.39 is 12.2 Å². The Morgan fingerprint density at radius 3 is 2.50 bits per heavy atom. The molecule has 10 heavy (non-hydrogen) atoms. The van der Waals surface area contributed by atoms with Crippen molar-refractivity contribution in [2.24, 2.45) is 5.92 Å². The maximum atomic E-state index is 10.9. The van der Waals surface area contributed by atoms with Gasteiger partial charge < -0.3 is 10.2 Å². The van der Waals surface area contributed by atoms with Crippen molar-refractivity contribution in [1.29, 1.82) is 0 Å². The van der Waals surface area contributed by atoms with Gasteiger partial charge in [-0.1, -0.05) is 6.92 Å². The standard InChI is InChI=1S/C7H12O3/c1-4-5(8)2-3-6(9)7(4)10/h4-6,8-9H,2-3H2,1H3. The first kappa shape index (κ1) is 7.69. The number of aliphatic hydroxyl groups excluding tert-OH is 2. The summed E-state index contributed by atoms with van der Waals surface area (Å²) in [6, 6.07) is 0. The molecule has 3 heteroatoms. The van der Waals surface area contributed by atoms with E-state index in [1.54, 1.807) is 6.92 Å². The summed E-state index contributed by atoms with van der Waals surface area (Å²) in [4.78, 5) is 10.9. The van der Waals surface area contributed by atoms with Crippen LogP contribution in [-0.2, 0) is 4.79 Å². The Morgan fingerprint density at radius 2 is 2.00 bits per heavy atom. The topological polar surface area (TPSA) is 57.5 Å². The van der Waals surface area contributed by atoms with Gasteiger partial charge in [0.25, 0.3) is 0 Å². The highest BCUT2D eigenvalue weighted by Gasteiger charge is 2.32. The van der Waals surface area contributed by atoms with Crippen LogP contribution in [0, 0.1) is 5.92 Å². The Hall–Kier alpha value is -0.410. The average molecular weight is 144 g/mol. The summed E-state index contributed by atoms with van der Waals surface area (Å²) in [6.45, 7) is 1.65. The van der Waals surface area contributed by atoms with Crippen LogP contribution in [0.5, 0.6) is 0 Å². The molecule has 0 aromatic heterocycles. The molecule has 2 N–H and O–H groups in total. The number of carbonyl (C=O) groups excluding carboxylic acids is 1. The van der Waals surface area contributed by atoms with Gasteiger partial charge in [-0.05, 0) is 12.8 Å². The molecule has 3 atom stereocenters. The van der Waals surface area contributed by atoms with Crippen LogP contribution in [-0.4, -0.2) is 28.2 Å². The van der Waals surface area contributed by atoms with E-state index in [4.69, 9.17) is 10.2 Å². The quantitative estimate of drug-likeness (QED) is 0.491. The minimum atomic E-state index is -0.835. The predicted octanol–water partition coefficient (Wildman–Crippen LogP) is -0.293. The van der Waals surface area contributed by atoms with Crippen molar-refractivity contribution in [2.45, 2.75) is 32.0 Å². The third kappa shape index (κ3) is 1.20. The van der Waals surface area contributed by atoms with Gasteiger partial charge >= 0.3 is 0 Å². The minimum absolute atomic E-state index is 0.223. The zero-order valence-corrected chi connectivity index (χ0v) is 5.95. The van der Waals surface area contributed by atoms with Crippen molar-refractivity contribution in [2.75, 3.05) is 0 Å². The van der Waals surface area contributed by atoms with Gasteiger partial charge in [-0.15, -0.1) is 0 Å². The van der Waals surface area contributed by atoms with Gasteiger partial charge in [0.15, 0.2) is 5.78 Å². The monoisotopic (exact) mass is 144 g/mol. The van der Waals surface area contributed by atoms with Crippen molar-refractivity contribution >= 4 is 5.78 Å². The molecule has 0 amide bonds. The van der Waals surface area contributed by atoms with Gasteiger partial charge in [0.1, 0.15) is 6.10 Å². The highest BCUT2D eigenvalue weighted by atomic mass is 16.3. The van der Waals surface area contributed by atoms with E-state index in [0.29, 0.717) is 12.8 Å². The maximum Gasteiger partial charge on any atom is 0.166 e. The lowest BCUT2D eigenvalue weighted by Crippen LogP contribution is -2.39. The van der Waals surface area contributed by atoms with Crippen LogP contribution in [0.4, 0.5) is 0 Å². The van der Waals surface area contributed by atoms with Crippen LogP contribution in [0.2, 0.25) is 0 Å². The van der Waals surface area contributed by atoms with Crippen LogP contribution in [0.1, 0.15) is 19.8 Å². The van der Waals surface area contributed by atoms with E-state index in [0.717, 1.165) is 0 Å². The summed E-state index contributed by atoms with van der Waals surface area (Å²) in [5.74, 6) is -0.609. The van der Waals surface area contributed by atoms with E-state index in [2.05, 4.69) is 0 Å². The molecule has 1 rings (SSSR count). The molecule has 1 aliphatic rings. The Morgan fingerprint density at radius 1 is 1.40 bits per heavy atom. The number of aliphatic hydroxyl groups is 2. The molecule has 1 saturated carbocycles. The fraction of sp³-hybridized carbons (Fsp3) is 0.857. The summed E-state index contributed by atoms with van der Waals surface area (Å²) in [5.41, 5.74) is 0. The maximum absolute atomic E-state index is 10.9. The van der Waals surface area contributed by atoms with E-state index in [1.807, 2.05) is 0 Å². The first-order valence-corrected chi connectivity index (χ1v) is 3.53. The van der Waals surface area contributed by atoms with Gasteiger partial charge in [0, 0.05) is 5.92 Å². The van der Waals surface area contributed by atoms with Crippen molar-refractivity contribution < 1.29 is 15.0 Å². The molecule has 0 aromatic carbocycles. The smallest absolute Gasteiger partial charge is 0.166 e. The third-order valence-electron chi connectivity index (χ3n) is 2.09. The molecule has 3 nitrogen and oxygen atoms in total. The minimum Gasteiger partial charge on any atom is -0.392 e. The summed E-state index contributed by atoms with van der Waals surface area (Å²) < 4.78 is 0. The molecule has 0 aromatic rings. The van der Waals surface area contributed by atoms with Crippen molar-refractivity contribution in [3.8, 4) is 0 Å². The van der Waals surface area contributed by atoms with Gasteiger partial charge in [-0.25, -0.2) is 0 Å². The normalized spacial score (nSPS) is 41.9. The lowest BCUT2D eigenvalue weighted by Gasteiger charge is -2.26. The zero-order chi connectivity index (χ0) is 7.72. The molecule has 0 heterocycles. The third-order valence-corrected chi connectivity index (χ3v) is 2.09. The molecule has 58 valence electrons. The highest BCUT2D eigenvalue weighted by molar-refractivity contribution is 5.86. The number of Topliss-reactive ketones (excluding diaryl/α,β-unsaturated/α-hetero) is 1. The second-order valence-electron chi connectivity index (χ2n) is 2.85. The zero-order valence-electron chi connectivity index (χ0n) is 5.95. The van der Waals surface area contributed by atoms with Gasteiger partial charge in [0.05, 0.1) is 6.10 Å². The van der Waals surface area contributed by atoms with Crippen LogP contribution in [0.3, 0.4) is 0 Å². The fourth-order valence-corrected chi connectivity index (χ4v) is 1.21. The summed E-state index contributed by atoms with van der Waals surface area (Å²) >= 11 is 0. The van der Waals surface area contributed by atoms with Gasteiger partial charge in [0.2, 0.25) is 0 Å². The van der Waals surface area contributed by atoms with Crippen molar-refractivity contribution in [3.63, 3.8) is 0 Å². The molecule has 0 saturated heterocycles. The number of ketones is 1. The predicted molar refractivity (Wildman–Crippen MR) is 35.4 cm³/mol. The molecule has 1 fully saturated rings. The highest BCUT2D eigenvalue weighted by Crippen LogP contribution is 2.20. The fourth-order valence-electron chi connectivity index (χ4n) is 1.21. The molecule has 0 spiro atoms. The van der Waals surface area contributed by atoms with Crippen LogP contribution >= 0.6 is 0 Å². The lowest BCUT2D eigenvalue weighted by molar-refractivity contribution is -0.138. The van der Waals surface area contributed by atoms with E-state index in [1.165, 1.54) is 0 Å². The molecular formula is C7H12O3. The van der Waals surface area contributed by atoms with Crippen molar-refractivity contribution in [3.05, 3.63) is 0 Å². The largest absolute Gasteiger partial charge is 0.392 e. The first-order valence-electron chi connectivity index (χ1n) is 3.53. The summed E-state index contributed by atoms with van der Waals surface area (Å²) in [7, 11) is 0. The van der Waals surface area contributed by atoms with E-state index in [9.17, 15) is 4.79 Å². The molecule has 0 bridgehead atoms. The van der Waals surface area contributed by atoms with E-state index in [-0.39, 0.29) is 11.7 Å². The number of carbonyl (C=O) groups is 1. The molecule has 3 unspecified atom stereocenters. The Labute approximate surface area is 59.7 Å². The Bertz CT molecular complexity index is 144. The second kappa shape index (κ2) is 2.68. The average Bonchev–Trinajstić information content (AvgIpc) is 1.93. The van der Waals surface area contributed by atoms with Crippen LogP contribution in [0.15, 0.2) is 0 Å². The second-order valence-corrected chi connectivity index (χ2v) is 2.85. The first-order chi connectivity index (χ1) is 4.63. The van der Waals surface area contributed by atoms with Crippen LogP contribution < -0.4 is 0 Å². The number of hydrogen-bond acceptors (Lipinski definition) is 3. The number of hydrogen-bond donors (Lipinski definition) is 2. The molecule has 0 aliphatic heterocycles.